The summed E-state index contributed by atoms with van der Waals surface area (Å²) in [6.07, 6.45) is -2.98. The van der Waals surface area contributed by atoms with Gasteiger partial charge in [0, 0.05) is 5.69 Å². The molecule has 0 aliphatic carbocycles. The van der Waals surface area contributed by atoms with E-state index >= 15 is 0 Å². The number of amides is 1. The summed E-state index contributed by atoms with van der Waals surface area (Å²) < 4.78 is 42.7. The minimum Gasteiger partial charge on any atom is -0.322 e. The first-order chi connectivity index (χ1) is 11.4. The minimum atomic E-state index is -4.59. The lowest BCUT2D eigenvalue weighted by Crippen LogP contribution is -2.18. The zero-order valence-electron chi connectivity index (χ0n) is 12.0. The van der Waals surface area contributed by atoms with Crippen LogP contribution in [0.2, 0.25) is 0 Å². The molecule has 1 heterocycles. The molecule has 0 spiro atoms. The van der Waals surface area contributed by atoms with Crippen LogP contribution in [0.15, 0.2) is 54.7 Å². The monoisotopic (exact) mass is 349 g/mol. The molecule has 122 valence electrons. The number of alkyl halides is 3. The van der Waals surface area contributed by atoms with E-state index in [9.17, 15) is 18.0 Å². The highest BCUT2D eigenvalue weighted by atomic mass is 32.1. The first-order valence-corrected chi connectivity index (χ1v) is 7.58. The highest BCUT2D eigenvalue weighted by molar-refractivity contribution is 7.09. The van der Waals surface area contributed by atoms with Crippen molar-refractivity contribution in [2.75, 3.05) is 5.32 Å². The van der Waals surface area contributed by atoms with E-state index in [-0.39, 0.29) is 0 Å². The van der Waals surface area contributed by atoms with Gasteiger partial charge in [-0.15, -0.1) is 5.10 Å². The van der Waals surface area contributed by atoms with Gasteiger partial charge in [-0.25, -0.2) is 0 Å². The third kappa shape index (κ3) is 3.43. The van der Waals surface area contributed by atoms with E-state index in [1.807, 2.05) is 0 Å². The Bertz CT molecular complexity index is 846. The fraction of sp³-hybridized carbons (Fsp3) is 0.0625. The van der Waals surface area contributed by atoms with Crippen LogP contribution in [-0.4, -0.2) is 15.5 Å². The Morgan fingerprint density at radius 3 is 2.38 bits per heavy atom. The summed E-state index contributed by atoms with van der Waals surface area (Å²) in [5.74, 6) is -0.810. The Hall–Kier alpha value is -2.74. The van der Waals surface area contributed by atoms with Gasteiger partial charge in [0.05, 0.1) is 22.2 Å². The Balaban J connectivity index is 1.81. The minimum absolute atomic E-state index is 0.401. The Labute approximate surface area is 139 Å². The van der Waals surface area contributed by atoms with Gasteiger partial charge in [-0.05, 0) is 41.4 Å². The van der Waals surface area contributed by atoms with E-state index in [2.05, 4.69) is 14.9 Å². The zero-order chi connectivity index (χ0) is 17.2. The topological polar surface area (TPSA) is 54.9 Å². The average Bonchev–Trinajstić information content (AvgIpc) is 3.09. The number of aromatic nitrogens is 2. The van der Waals surface area contributed by atoms with Gasteiger partial charge in [-0.2, -0.15) is 13.2 Å². The highest BCUT2D eigenvalue weighted by Crippen LogP contribution is 2.32. The summed E-state index contributed by atoms with van der Waals surface area (Å²) in [5.41, 5.74) is -0.118. The van der Waals surface area contributed by atoms with E-state index < -0.39 is 23.2 Å². The standard InChI is InChI=1S/C16H10F3N3OS/c17-16(18,19)13-4-2-1-3-12(13)15(23)21-11-7-5-10(6-8-11)14-9-20-22-24-14/h1-9H,(H,21,23). The van der Waals surface area contributed by atoms with Crippen LogP contribution < -0.4 is 5.32 Å². The predicted molar refractivity (Wildman–Crippen MR) is 84.7 cm³/mol. The molecule has 24 heavy (non-hydrogen) atoms. The van der Waals surface area contributed by atoms with Crippen molar-refractivity contribution in [3.8, 4) is 10.4 Å². The fourth-order valence-corrected chi connectivity index (χ4v) is 2.66. The van der Waals surface area contributed by atoms with Gasteiger partial charge in [-0.1, -0.05) is 28.8 Å². The van der Waals surface area contributed by atoms with E-state index in [1.165, 1.54) is 23.7 Å². The third-order valence-electron chi connectivity index (χ3n) is 3.27. The fourth-order valence-electron chi connectivity index (χ4n) is 2.14. The largest absolute Gasteiger partial charge is 0.417 e. The van der Waals surface area contributed by atoms with Crippen molar-refractivity contribution in [1.29, 1.82) is 0 Å². The Kier molecular flexibility index (Phi) is 4.30. The molecule has 0 fully saturated rings. The normalized spacial score (nSPS) is 11.3. The summed E-state index contributed by atoms with van der Waals surface area (Å²) >= 11 is 1.22. The van der Waals surface area contributed by atoms with Crippen LogP contribution in [0.3, 0.4) is 0 Å². The lowest BCUT2D eigenvalue weighted by atomic mass is 10.1. The number of carbonyl (C=O) groups is 1. The first-order valence-electron chi connectivity index (χ1n) is 6.80. The maximum atomic E-state index is 13.0. The van der Waals surface area contributed by atoms with Crippen molar-refractivity contribution in [2.45, 2.75) is 6.18 Å². The number of hydrogen-bond acceptors (Lipinski definition) is 4. The van der Waals surface area contributed by atoms with Crippen molar-refractivity contribution < 1.29 is 18.0 Å². The van der Waals surface area contributed by atoms with Crippen LogP contribution >= 0.6 is 11.5 Å². The van der Waals surface area contributed by atoms with Gasteiger partial charge in [0.25, 0.3) is 5.91 Å². The molecule has 2 aromatic carbocycles. The number of benzene rings is 2. The molecule has 0 saturated carbocycles. The third-order valence-corrected chi connectivity index (χ3v) is 3.98. The number of rotatable bonds is 3. The lowest BCUT2D eigenvalue weighted by Gasteiger charge is -2.12. The molecule has 0 aliphatic heterocycles. The van der Waals surface area contributed by atoms with Crippen LogP contribution in [0, 0.1) is 0 Å². The van der Waals surface area contributed by atoms with Gasteiger partial charge in [-0.3, -0.25) is 4.79 Å². The number of nitrogens with zero attached hydrogens (tertiary/aromatic N) is 2. The van der Waals surface area contributed by atoms with Crippen LogP contribution in [0.25, 0.3) is 10.4 Å². The molecule has 0 unspecified atom stereocenters. The smallest absolute Gasteiger partial charge is 0.322 e. The van der Waals surface area contributed by atoms with Crippen LogP contribution in [0.4, 0.5) is 18.9 Å². The van der Waals surface area contributed by atoms with Gasteiger partial charge >= 0.3 is 6.18 Å². The summed E-state index contributed by atoms with van der Waals surface area (Å²) in [6.45, 7) is 0. The molecule has 3 aromatic rings. The van der Waals surface area contributed by atoms with Crippen LogP contribution in [0.1, 0.15) is 15.9 Å². The van der Waals surface area contributed by atoms with Gasteiger partial charge < -0.3 is 5.32 Å². The maximum Gasteiger partial charge on any atom is 0.417 e. The highest BCUT2D eigenvalue weighted by Gasteiger charge is 2.34. The molecule has 3 rings (SSSR count). The van der Waals surface area contributed by atoms with E-state index in [0.29, 0.717) is 5.69 Å². The van der Waals surface area contributed by atoms with Crippen LogP contribution in [0.5, 0.6) is 0 Å². The summed E-state index contributed by atoms with van der Waals surface area (Å²) in [7, 11) is 0. The number of carbonyl (C=O) groups excluding carboxylic acids is 1. The summed E-state index contributed by atoms with van der Waals surface area (Å²) in [5, 5.41) is 6.21. The number of nitrogens with one attached hydrogen (secondary N) is 1. The molecule has 0 aliphatic rings. The summed E-state index contributed by atoms with van der Waals surface area (Å²) in [4.78, 5) is 13.0. The molecule has 1 aromatic heterocycles. The molecule has 0 radical (unpaired) electrons. The summed E-state index contributed by atoms with van der Waals surface area (Å²) in [6, 6.07) is 11.4. The first kappa shape index (κ1) is 16.1. The molecule has 1 N–H and O–H groups in total. The quantitative estimate of drug-likeness (QED) is 0.759. The molecule has 0 bridgehead atoms. The zero-order valence-corrected chi connectivity index (χ0v) is 12.9. The SMILES string of the molecule is O=C(Nc1ccc(-c2cnns2)cc1)c1ccccc1C(F)(F)F. The van der Waals surface area contributed by atoms with Gasteiger partial charge in [0.2, 0.25) is 0 Å². The van der Waals surface area contributed by atoms with Crippen molar-refractivity contribution >= 4 is 23.1 Å². The molecule has 4 nitrogen and oxygen atoms in total. The average molecular weight is 349 g/mol. The molecule has 8 heteroatoms. The maximum absolute atomic E-state index is 13.0. The molecular weight excluding hydrogens is 339 g/mol. The van der Waals surface area contributed by atoms with Crippen LogP contribution in [-0.2, 0) is 6.18 Å². The van der Waals surface area contributed by atoms with E-state index in [0.717, 1.165) is 22.6 Å². The second-order valence-corrected chi connectivity index (χ2v) is 5.64. The van der Waals surface area contributed by atoms with Crippen molar-refractivity contribution in [3.63, 3.8) is 0 Å². The molecule has 0 atom stereocenters. The number of hydrogen-bond donors (Lipinski definition) is 1. The Morgan fingerprint density at radius 2 is 1.75 bits per heavy atom. The second-order valence-electron chi connectivity index (χ2n) is 4.86. The van der Waals surface area contributed by atoms with Crippen molar-refractivity contribution in [2.24, 2.45) is 0 Å². The number of halogens is 3. The second kappa shape index (κ2) is 6.40. The Morgan fingerprint density at radius 1 is 1.04 bits per heavy atom. The molecule has 0 saturated heterocycles. The van der Waals surface area contributed by atoms with E-state index in [4.69, 9.17) is 0 Å². The predicted octanol–water partition coefficient (Wildman–Crippen LogP) is 4.48. The van der Waals surface area contributed by atoms with Gasteiger partial charge in [0.15, 0.2) is 0 Å². The van der Waals surface area contributed by atoms with Crippen molar-refractivity contribution in [3.05, 3.63) is 65.9 Å². The number of anilines is 1. The lowest BCUT2D eigenvalue weighted by molar-refractivity contribution is -0.137. The van der Waals surface area contributed by atoms with Gasteiger partial charge in [0.1, 0.15) is 0 Å². The van der Waals surface area contributed by atoms with E-state index in [1.54, 1.807) is 30.5 Å². The van der Waals surface area contributed by atoms with Crippen molar-refractivity contribution in [1.82, 2.24) is 9.59 Å². The molecule has 1 amide bonds. The molecular formula is C16H10F3N3OS.